The minimum absolute atomic E-state index is 0.547. The van der Waals surface area contributed by atoms with Crippen LogP contribution in [0, 0.1) is 13.8 Å². The van der Waals surface area contributed by atoms with Crippen molar-refractivity contribution in [3.05, 3.63) is 28.8 Å². The van der Waals surface area contributed by atoms with Gasteiger partial charge in [-0.1, -0.05) is 13.0 Å². The summed E-state index contributed by atoms with van der Waals surface area (Å²) in [5.41, 5.74) is 9.27. The first-order valence-corrected chi connectivity index (χ1v) is 5.12. The third kappa shape index (κ3) is 2.48. The summed E-state index contributed by atoms with van der Waals surface area (Å²) < 4.78 is 5.66. The largest absolute Gasteiger partial charge is 0.493 e. The summed E-state index contributed by atoms with van der Waals surface area (Å²) in [5, 5.41) is 0. The van der Waals surface area contributed by atoms with Gasteiger partial charge in [0.1, 0.15) is 5.75 Å². The summed E-state index contributed by atoms with van der Waals surface area (Å²) in [4.78, 5) is 0. The summed E-state index contributed by atoms with van der Waals surface area (Å²) in [7, 11) is 0. The van der Waals surface area contributed by atoms with Gasteiger partial charge in [0.05, 0.1) is 6.61 Å². The van der Waals surface area contributed by atoms with Gasteiger partial charge in [0.15, 0.2) is 0 Å². The van der Waals surface area contributed by atoms with Crippen LogP contribution in [0.1, 0.15) is 30.0 Å². The van der Waals surface area contributed by atoms with E-state index >= 15 is 0 Å². The van der Waals surface area contributed by atoms with Crippen LogP contribution in [-0.4, -0.2) is 6.61 Å². The molecule has 1 aromatic carbocycles. The average Bonchev–Trinajstić information content (AvgIpc) is 2.14. The molecular formula is C12H19NO. The summed E-state index contributed by atoms with van der Waals surface area (Å²) in [6, 6.07) is 4.20. The second-order valence-corrected chi connectivity index (χ2v) is 3.61. The maximum absolute atomic E-state index is 5.69. The van der Waals surface area contributed by atoms with Crippen LogP contribution in [0.2, 0.25) is 0 Å². The summed E-state index contributed by atoms with van der Waals surface area (Å²) in [6.07, 6.45) is 1.02. The van der Waals surface area contributed by atoms with E-state index in [1.165, 1.54) is 11.1 Å². The lowest BCUT2D eigenvalue weighted by Crippen LogP contribution is -2.05. The molecule has 78 valence electrons. The van der Waals surface area contributed by atoms with E-state index in [-0.39, 0.29) is 0 Å². The zero-order valence-electron chi connectivity index (χ0n) is 9.26. The topological polar surface area (TPSA) is 35.2 Å². The zero-order chi connectivity index (χ0) is 10.6. The SMILES string of the molecule is CCCOc1cc(C)cc(C)c1CN. The molecule has 2 nitrogen and oxygen atoms in total. The molecule has 0 heterocycles. The fourth-order valence-corrected chi connectivity index (χ4v) is 1.56. The lowest BCUT2D eigenvalue weighted by Gasteiger charge is -2.13. The van der Waals surface area contributed by atoms with Crippen molar-refractivity contribution in [1.82, 2.24) is 0 Å². The second-order valence-electron chi connectivity index (χ2n) is 3.61. The molecule has 0 spiro atoms. The van der Waals surface area contributed by atoms with Crippen LogP contribution in [0.25, 0.3) is 0 Å². The van der Waals surface area contributed by atoms with E-state index in [0.29, 0.717) is 6.54 Å². The highest BCUT2D eigenvalue weighted by Gasteiger charge is 2.06. The molecule has 2 heteroatoms. The van der Waals surface area contributed by atoms with Gasteiger partial charge < -0.3 is 10.5 Å². The van der Waals surface area contributed by atoms with Gasteiger partial charge in [-0.25, -0.2) is 0 Å². The smallest absolute Gasteiger partial charge is 0.124 e. The second kappa shape index (κ2) is 5.01. The van der Waals surface area contributed by atoms with Crippen molar-refractivity contribution in [2.75, 3.05) is 6.61 Å². The Morgan fingerprint density at radius 2 is 2.00 bits per heavy atom. The normalized spacial score (nSPS) is 10.3. The predicted molar refractivity (Wildman–Crippen MR) is 59.6 cm³/mol. The number of nitrogens with two attached hydrogens (primary N) is 1. The Kier molecular flexibility index (Phi) is 3.96. The highest BCUT2D eigenvalue weighted by molar-refractivity contribution is 5.42. The minimum Gasteiger partial charge on any atom is -0.493 e. The molecule has 0 aliphatic rings. The van der Waals surface area contributed by atoms with E-state index in [1.54, 1.807) is 0 Å². The monoisotopic (exact) mass is 193 g/mol. The molecule has 2 N–H and O–H groups in total. The maximum atomic E-state index is 5.69. The first-order chi connectivity index (χ1) is 6.69. The average molecular weight is 193 g/mol. The molecule has 1 rings (SSSR count). The van der Waals surface area contributed by atoms with Gasteiger partial charge in [0, 0.05) is 12.1 Å². The van der Waals surface area contributed by atoms with Crippen LogP contribution in [0.5, 0.6) is 5.75 Å². The van der Waals surface area contributed by atoms with Crippen molar-refractivity contribution in [3.8, 4) is 5.75 Å². The number of ether oxygens (including phenoxy) is 1. The lowest BCUT2D eigenvalue weighted by atomic mass is 10.0. The lowest BCUT2D eigenvalue weighted by molar-refractivity contribution is 0.314. The first kappa shape index (κ1) is 11.1. The molecule has 0 bridgehead atoms. The van der Waals surface area contributed by atoms with Gasteiger partial charge in [-0.3, -0.25) is 0 Å². The van der Waals surface area contributed by atoms with E-state index in [2.05, 4.69) is 32.9 Å². The third-order valence-corrected chi connectivity index (χ3v) is 2.24. The van der Waals surface area contributed by atoms with Crippen molar-refractivity contribution in [1.29, 1.82) is 0 Å². The van der Waals surface area contributed by atoms with E-state index in [4.69, 9.17) is 10.5 Å². The van der Waals surface area contributed by atoms with E-state index in [9.17, 15) is 0 Å². The van der Waals surface area contributed by atoms with E-state index in [1.807, 2.05) is 0 Å². The van der Waals surface area contributed by atoms with E-state index in [0.717, 1.165) is 24.3 Å². The zero-order valence-corrected chi connectivity index (χ0v) is 9.26. The van der Waals surface area contributed by atoms with Gasteiger partial charge in [0.25, 0.3) is 0 Å². The van der Waals surface area contributed by atoms with Crippen molar-refractivity contribution < 1.29 is 4.74 Å². The number of hydrogen-bond acceptors (Lipinski definition) is 2. The number of rotatable bonds is 4. The Morgan fingerprint density at radius 1 is 1.29 bits per heavy atom. The molecule has 0 amide bonds. The van der Waals surface area contributed by atoms with Crippen LogP contribution in [0.3, 0.4) is 0 Å². The number of hydrogen-bond donors (Lipinski definition) is 1. The fourth-order valence-electron chi connectivity index (χ4n) is 1.56. The molecule has 0 fully saturated rings. The minimum atomic E-state index is 0.547. The van der Waals surface area contributed by atoms with Crippen molar-refractivity contribution in [2.45, 2.75) is 33.7 Å². The Balaban J connectivity index is 2.99. The molecule has 0 aromatic heterocycles. The fraction of sp³-hybridized carbons (Fsp3) is 0.500. The van der Waals surface area contributed by atoms with Gasteiger partial charge in [-0.15, -0.1) is 0 Å². The Bertz CT molecular complexity index is 307. The molecule has 0 aliphatic heterocycles. The predicted octanol–water partition coefficient (Wildman–Crippen LogP) is 2.55. The Hall–Kier alpha value is -1.02. The molecule has 14 heavy (non-hydrogen) atoms. The first-order valence-electron chi connectivity index (χ1n) is 5.12. The van der Waals surface area contributed by atoms with Gasteiger partial charge in [-0.05, 0) is 37.5 Å². The van der Waals surface area contributed by atoms with E-state index < -0.39 is 0 Å². The Morgan fingerprint density at radius 3 is 2.57 bits per heavy atom. The van der Waals surface area contributed by atoms with Gasteiger partial charge in [0.2, 0.25) is 0 Å². The van der Waals surface area contributed by atoms with Crippen LogP contribution in [0.4, 0.5) is 0 Å². The molecule has 0 aliphatic carbocycles. The summed E-state index contributed by atoms with van der Waals surface area (Å²) in [5.74, 6) is 0.951. The molecule has 0 saturated heterocycles. The molecule has 0 saturated carbocycles. The van der Waals surface area contributed by atoms with Crippen molar-refractivity contribution in [2.24, 2.45) is 5.73 Å². The van der Waals surface area contributed by atoms with Crippen LogP contribution < -0.4 is 10.5 Å². The van der Waals surface area contributed by atoms with Gasteiger partial charge in [-0.2, -0.15) is 0 Å². The quantitative estimate of drug-likeness (QED) is 0.797. The maximum Gasteiger partial charge on any atom is 0.124 e. The van der Waals surface area contributed by atoms with Crippen molar-refractivity contribution in [3.63, 3.8) is 0 Å². The van der Waals surface area contributed by atoms with Crippen molar-refractivity contribution >= 4 is 0 Å². The molecule has 0 radical (unpaired) electrons. The standard InChI is InChI=1S/C12H19NO/c1-4-5-14-12-7-9(2)6-10(3)11(12)8-13/h6-7H,4-5,8,13H2,1-3H3. The van der Waals surface area contributed by atoms with Crippen LogP contribution in [0.15, 0.2) is 12.1 Å². The Labute approximate surface area is 86.1 Å². The van der Waals surface area contributed by atoms with Crippen LogP contribution >= 0.6 is 0 Å². The number of benzene rings is 1. The molecular weight excluding hydrogens is 174 g/mol. The molecule has 0 unspecified atom stereocenters. The summed E-state index contributed by atoms with van der Waals surface area (Å²) in [6.45, 7) is 7.56. The van der Waals surface area contributed by atoms with Gasteiger partial charge >= 0.3 is 0 Å². The van der Waals surface area contributed by atoms with Crippen LogP contribution in [-0.2, 0) is 6.54 Å². The third-order valence-electron chi connectivity index (χ3n) is 2.24. The number of aryl methyl sites for hydroxylation is 2. The molecule has 1 aromatic rings. The highest BCUT2D eigenvalue weighted by atomic mass is 16.5. The summed E-state index contributed by atoms with van der Waals surface area (Å²) >= 11 is 0. The molecule has 0 atom stereocenters. The highest BCUT2D eigenvalue weighted by Crippen LogP contribution is 2.23.